The van der Waals surface area contributed by atoms with Crippen molar-refractivity contribution in [1.29, 1.82) is 0 Å². The molecule has 2 heterocycles. The topological polar surface area (TPSA) is 75.7 Å². The summed E-state index contributed by atoms with van der Waals surface area (Å²) in [5.74, 6) is 0.711. The Morgan fingerprint density at radius 3 is 2.68 bits per heavy atom. The van der Waals surface area contributed by atoms with E-state index in [1.54, 1.807) is 0 Å². The highest BCUT2D eigenvalue weighted by Crippen LogP contribution is 2.29. The van der Waals surface area contributed by atoms with Crippen molar-refractivity contribution in [3.8, 4) is 0 Å². The van der Waals surface area contributed by atoms with Crippen molar-refractivity contribution >= 4 is 15.7 Å². The maximum atomic E-state index is 12.4. The third-order valence-electron chi connectivity index (χ3n) is 4.87. The molecule has 1 aliphatic carbocycles. The zero-order valence-electron chi connectivity index (χ0n) is 13.2. The van der Waals surface area contributed by atoms with Gasteiger partial charge in [0.1, 0.15) is 0 Å². The number of hydrogen-bond acceptors (Lipinski definition) is 5. The first-order chi connectivity index (χ1) is 10.4. The summed E-state index contributed by atoms with van der Waals surface area (Å²) in [5, 5.41) is 2.96. The molecular weight excluding hydrogens is 304 g/mol. The predicted molar refractivity (Wildman–Crippen MR) is 83.3 cm³/mol. The Kier molecular flexibility index (Phi) is 4.49. The summed E-state index contributed by atoms with van der Waals surface area (Å²) in [6.07, 6.45) is 3.90. The lowest BCUT2D eigenvalue weighted by Crippen LogP contribution is -2.51. The number of amides is 1. The third-order valence-corrected chi connectivity index (χ3v) is 6.77. The fourth-order valence-electron chi connectivity index (χ4n) is 3.51. The number of carbonyl (C=O) groups is 1. The van der Waals surface area contributed by atoms with Gasteiger partial charge in [0.05, 0.1) is 30.2 Å². The van der Waals surface area contributed by atoms with Crippen LogP contribution in [-0.4, -0.2) is 68.6 Å². The average molecular weight is 330 g/mol. The Balaban J connectivity index is 1.52. The van der Waals surface area contributed by atoms with Gasteiger partial charge in [0.25, 0.3) is 0 Å². The fraction of sp³-hybridized carbons (Fsp3) is 0.933. The van der Waals surface area contributed by atoms with Crippen LogP contribution < -0.4 is 5.32 Å². The standard InChI is InChI=1S/C15H26N2O4S/c1-15(5-7-22(19,20)11-15)16-14(18)9-17(13-2-3-13)8-12-4-6-21-10-12/h12-13H,2-11H2,1H3,(H,16,18)/t12-,15-/m0/s1. The second-order valence-corrected chi connectivity index (χ2v) is 9.53. The van der Waals surface area contributed by atoms with Gasteiger partial charge >= 0.3 is 0 Å². The minimum atomic E-state index is -3.00. The number of carbonyl (C=O) groups excluding carboxylic acids is 1. The highest BCUT2D eigenvalue weighted by atomic mass is 32.2. The normalized spacial score (nSPS) is 34.2. The molecule has 2 saturated heterocycles. The minimum absolute atomic E-state index is 0.0505. The van der Waals surface area contributed by atoms with Gasteiger partial charge in [0.2, 0.25) is 5.91 Å². The molecule has 0 aromatic heterocycles. The Labute approximate surface area is 132 Å². The molecule has 3 rings (SSSR count). The molecule has 7 heteroatoms. The van der Waals surface area contributed by atoms with Gasteiger partial charge in [-0.3, -0.25) is 9.69 Å². The van der Waals surface area contributed by atoms with Crippen LogP contribution in [-0.2, 0) is 19.4 Å². The SMILES string of the molecule is C[C@]1(NC(=O)CN(C[C@@H]2CCOC2)C2CC2)CCS(=O)(=O)C1. The van der Waals surface area contributed by atoms with Crippen LogP contribution in [0.2, 0.25) is 0 Å². The molecule has 3 aliphatic rings. The van der Waals surface area contributed by atoms with E-state index in [0.717, 1.165) is 39.0 Å². The first-order valence-electron chi connectivity index (χ1n) is 8.18. The van der Waals surface area contributed by atoms with Crippen molar-refractivity contribution in [2.45, 2.75) is 44.2 Å². The summed E-state index contributed by atoms with van der Waals surface area (Å²) < 4.78 is 28.7. The van der Waals surface area contributed by atoms with Gasteiger partial charge in [-0.1, -0.05) is 0 Å². The number of hydrogen-bond donors (Lipinski definition) is 1. The first kappa shape index (κ1) is 16.2. The molecule has 0 bridgehead atoms. The van der Waals surface area contributed by atoms with Crippen LogP contribution in [0.3, 0.4) is 0 Å². The number of nitrogens with zero attached hydrogens (tertiary/aromatic N) is 1. The van der Waals surface area contributed by atoms with E-state index in [4.69, 9.17) is 4.74 Å². The lowest BCUT2D eigenvalue weighted by Gasteiger charge is -2.28. The van der Waals surface area contributed by atoms with Gasteiger partial charge in [-0.05, 0) is 38.5 Å². The van der Waals surface area contributed by atoms with Gasteiger partial charge < -0.3 is 10.1 Å². The Bertz CT molecular complexity index is 526. The van der Waals surface area contributed by atoms with E-state index < -0.39 is 15.4 Å². The van der Waals surface area contributed by atoms with Gasteiger partial charge in [-0.25, -0.2) is 8.42 Å². The molecule has 0 radical (unpaired) electrons. The smallest absolute Gasteiger partial charge is 0.234 e. The lowest BCUT2D eigenvalue weighted by atomic mass is 10.0. The van der Waals surface area contributed by atoms with Crippen LogP contribution in [0.15, 0.2) is 0 Å². The molecule has 1 saturated carbocycles. The molecule has 2 atom stereocenters. The summed E-state index contributed by atoms with van der Waals surface area (Å²) in [6.45, 7) is 4.73. The van der Waals surface area contributed by atoms with Crippen LogP contribution in [0.4, 0.5) is 0 Å². The van der Waals surface area contributed by atoms with E-state index in [1.165, 1.54) is 0 Å². The first-order valence-corrected chi connectivity index (χ1v) is 10.0. The summed E-state index contributed by atoms with van der Waals surface area (Å²) in [4.78, 5) is 14.6. The van der Waals surface area contributed by atoms with E-state index in [0.29, 0.717) is 24.9 Å². The van der Waals surface area contributed by atoms with Crippen molar-refractivity contribution in [2.24, 2.45) is 5.92 Å². The number of sulfone groups is 1. The van der Waals surface area contributed by atoms with E-state index in [2.05, 4.69) is 10.2 Å². The largest absolute Gasteiger partial charge is 0.381 e. The van der Waals surface area contributed by atoms with Crippen molar-refractivity contribution in [2.75, 3.05) is 37.8 Å². The Morgan fingerprint density at radius 2 is 2.14 bits per heavy atom. The van der Waals surface area contributed by atoms with Gasteiger partial charge in [0.15, 0.2) is 9.84 Å². The molecule has 0 spiro atoms. The Hall–Kier alpha value is -0.660. The molecule has 2 aliphatic heterocycles. The average Bonchev–Trinajstić information content (AvgIpc) is 3.06. The molecule has 6 nitrogen and oxygen atoms in total. The van der Waals surface area contributed by atoms with Crippen LogP contribution in [0.1, 0.15) is 32.6 Å². The summed E-state index contributed by atoms with van der Waals surface area (Å²) in [6, 6.07) is 0.520. The highest BCUT2D eigenvalue weighted by molar-refractivity contribution is 7.91. The summed E-state index contributed by atoms with van der Waals surface area (Å²) >= 11 is 0. The van der Waals surface area contributed by atoms with Gasteiger partial charge in [-0.2, -0.15) is 0 Å². The van der Waals surface area contributed by atoms with Crippen molar-refractivity contribution < 1.29 is 17.9 Å². The molecule has 0 aromatic carbocycles. The minimum Gasteiger partial charge on any atom is -0.381 e. The van der Waals surface area contributed by atoms with Gasteiger partial charge in [0, 0.05) is 19.2 Å². The molecule has 1 amide bonds. The second-order valence-electron chi connectivity index (χ2n) is 7.34. The highest BCUT2D eigenvalue weighted by Gasteiger charge is 2.40. The van der Waals surface area contributed by atoms with Crippen LogP contribution in [0.25, 0.3) is 0 Å². The van der Waals surface area contributed by atoms with Crippen LogP contribution >= 0.6 is 0 Å². The summed E-state index contributed by atoms with van der Waals surface area (Å²) in [7, 11) is -3.00. The van der Waals surface area contributed by atoms with Gasteiger partial charge in [-0.15, -0.1) is 0 Å². The Morgan fingerprint density at radius 1 is 1.36 bits per heavy atom. The monoisotopic (exact) mass is 330 g/mol. The number of rotatable bonds is 6. The number of ether oxygens (including phenoxy) is 1. The van der Waals surface area contributed by atoms with Crippen molar-refractivity contribution in [3.63, 3.8) is 0 Å². The third kappa shape index (κ3) is 4.20. The van der Waals surface area contributed by atoms with E-state index in [-0.39, 0.29) is 17.4 Å². The van der Waals surface area contributed by atoms with E-state index >= 15 is 0 Å². The van der Waals surface area contributed by atoms with Crippen LogP contribution in [0.5, 0.6) is 0 Å². The maximum absolute atomic E-state index is 12.4. The molecule has 0 aromatic rings. The lowest BCUT2D eigenvalue weighted by molar-refractivity contribution is -0.124. The molecule has 3 fully saturated rings. The molecule has 1 N–H and O–H groups in total. The van der Waals surface area contributed by atoms with Crippen molar-refractivity contribution in [1.82, 2.24) is 10.2 Å². The maximum Gasteiger partial charge on any atom is 0.234 e. The predicted octanol–water partition coefficient (Wildman–Crippen LogP) is 0.181. The summed E-state index contributed by atoms with van der Waals surface area (Å²) in [5.41, 5.74) is -0.596. The van der Waals surface area contributed by atoms with E-state index in [1.807, 2.05) is 6.92 Å². The van der Waals surface area contributed by atoms with E-state index in [9.17, 15) is 13.2 Å². The molecule has 126 valence electrons. The fourth-order valence-corrected chi connectivity index (χ4v) is 5.60. The van der Waals surface area contributed by atoms with Crippen LogP contribution in [0, 0.1) is 5.92 Å². The quantitative estimate of drug-likeness (QED) is 0.752. The van der Waals surface area contributed by atoms with Crippen molar-refractivity contribution in [3.05, 3.63) is 0 Å². The molecular formula is C15H26N2O4S. The second kappa shape index (κ2) is 6.09. The molecule has 22 heavy (non-hydrogen) atoms. The zero-order chi connectivity index (χ0) is 15.8. The zero-order valence-corrected chi connectivity index (χ0v) is 14.0. The molecule has 0 unspecified atom stereocenters. The number of nitrogens with one attached hydrogen (secondary N) is 1.